The molecule has 1 aromatic heterocycles. The number of hydrogen-bond donors (Lipinski definition) is 1. The molecule has 2 heterocycles. The van der Waals surface area contributed by atoms with Crippen molar-refractivity contribution in [2.45, 2.75) is 25.3 Å². The van der Waals surface area contributed by atoms with Crippen LogP contribution in [0, 0.1) is 0 Å². The molecular weight excluding hydrogens is 188 g/mol. The fraction of sp³-hybridized carbons (Fsp3) is 0.583. The average molecular weight is 206 g/mol. The van der Waals surface area contributed by atoms with Crippen LogP contribution in [-0.2, 0) is 0 Å². The third-order valence-corrected chi connectivity index (χ3v) is 3.09. The molecule has 1 atom stereocenters. The zero-order valence-corrected chi connectivity index (χ0v) is 8.97. The van der Waals surface area contributed by atoms with Crippen LogP contribution in [-0.4, -0.2) is 34.7 Å². The van der Waals surface area contributed by atoms with Gasteiger partial charge in [-0.1, -0.05) is 6.42 Å². The van der Waals surface area contributed by atoms with Crippen molar-refractivity contribution in [1.29, 1.82) is 0 Å². The highest BCUT2D eigenvalue weighted by atomic mass is 16.3. The highest BCUT2D eigenvalue weighted by Crippen LogP contribution is 2.29. The van der Waals surface area contributed by atoms with E-state index in [4.69, 9.17) is 5.11 Å². The lowest BCUT2D eigenvalue weighted by molar-refractivity contribution is 0.117. The summed E-state index contributed by atoms with van der Waals surface area (Å²) in [7, 11) is 0. The topological polar surface area (TPSA) is 36.4 Å². The van der Waals surface area contributed by atoms with Gasteiger partial charge in [0.1, 0.15) is 0 Å². The van der Waals surface area contributed by atoms with Gasteiger partial charge in [-0.25, -0.2) is 0 Å². The maximum Gasteiger partial charge on any atom is 0.0558 e. The monoisotopic (exact) mass is 206 g/mol. The first-order valence-electron chi connectivity index (χ1n) is 5.66. The fourth-order valence-corrected chi connectivity index (χ4v) is 2.35. The molecule has 0 radical (unpaired) electrons. The normalized spacial score (nSPS) is 22.9. The highest BCUT2D eigenvalue weighted by molar-refractivity contribution is 5.15. The van der Waals surface area contributed by atoms with Gasteiger partial charge < -0.3 is 5.11 Å². The highest BCUT2D eigenvalue weighted by Gasteiger charge is 2.22. The number of aromatic nitrogens is 1. The molecule has 1 saturated heterocycles. The largest absolute Gasteiger partial charge is 0.395 e. The summed E-state index contributed by atoms with van der Waals surface area (Å²) in [5.41, 5.74) is 1.33. The van der Waals surface area contributed by atoms with E-state index >= 15 is 0 Å². The second kappa shape index (κ2) is 5.24. The van der Waals surface area contributed by atoms with Crippen LogP contribution in [0.25, 0.3) is 0 Å². The molecule has 0 spiro atoms. The minimum absolute atomic E-state index is 0.252. The number of β-amino-alcohol motifs (C(OH)–C–C–N with tert-alkyl or cyclic N) is 1. The van der Waals surface area contributed by atoms with Crippen LogP contribution in [0.15, 0.2) is 24.5 Å². The van der Waals surface area contributed by atoms with Crippen LogP contribution in [0.2, 0.25) is 0 Å². The van der Waals surface area contributed by atoms with E-state index in [1.807, 2.05) is 12.4 Å². The van der Waals surface area contributed by atoms with Gasteiger partial charge in [-0.3, -0.25) is 9.88 Å². The van der Waals surface area contributed by atoms with Gasteiger partial charge in [-0.15, -0.1) is 0 Å². The molecule has 1 aliphatic rings. The smallest absolute Gasteiger partial charge is 0.0558 e. The molecule has 0 saturated carbocycles. The van der Waals surface area contributed by atoms with Gasteiger partial charge in [-0.05, 0) is 37.1 Å². The van der Waals surface area contributed by atoms with Gasteiger partial charge in [0, 0.05) is 25.0 Å². The van der Waals surface area contributed by atoms with Crippen molar-refractivity contribution in [2.24, 2.45) is 0 Å². The molecule has 15 heavy (non-hydrogen) atoms. The minimum Gasteiger partial charge on any atom is -0.395 e. The Balaban J connectivity index is 2.11. The van der Waals surface area contributed by atoms with Crippen molar-refractivity contribution < 1.29 is 5.11 Å². The maximum absolute atomic E-state index is 9.03. The Bertz CT molecular complexity index is 287. The summed E-state index contributed by atoms with van der Waals surface area (Å²) in [5, 5.41) is 9.03. The number of hydrogen-bond acceptors (Lipinski definition) is 3. The zero-order valence-electron chi connectivity index (χ0n) is 8.97. The zero-order chi connectivity index (χ0) is 10.5. The molecule has 0 aliphatic carbocycles. The molecule has 1 N–H and O–H groups in total. The van der Waals surface area contributed by atoms with Crippen molar-refractivity contribution in [3.63, 3.8) is 0 Å². The van der Waals surface area contributed by atoms with E-state index in [9.17, 15) is 0 Å². The Morgan fingerprint density at radius 2 is 2.13 bits per heavy atom. The average Bonchev–Trinajstić information content (AvgIpc) is 2.31. The number of aliphatic hydroxyl groups is 1. The second-order valence-corrected chi connectivity index (χ2v) is 4.05. The summed E-state index contributed by atoms with van der Waals surface area (Å²) in [4.78, 5) is 6.42. The molecular formula is C12H18N2O. The number of aliphatic hydroxyl groups excluding tert-OH is 1. The first-order valence-corrected chi connectivity index (χ1v) is 5.66. The summed E-state index contributed by atoms with van der Waals surface area (Å²) >= 11 is 0. The van der Waals surface area contributed by atoms with Crippen molar-refractivity contribution in [2.75, 3.05) is 19.7 Å². The van der Waals surface area contributed by atoms with Gasteiger partial charge in [0.25, 0.3) is 0 Å². The molecule has 1 aromatic rings. The van der Waals surface area contributed by atoms with E-state index in [2.05, 4.69) is 22.0 Å². The van der Waals surface area contributed by atoms with Gasteiger partial charge in [0.15, 0.2) is 0 Å². The number of pyridine rings is 1. The lowest BCUT2D eigenvalue weighted by atomic mass is 9.96. The van der Waals surface area contributed by atoms with Gasteiger partial charge in [0.05, 0.1) is 6.61 Å². The van der Waals surface area contributed by atoms with Crippen molar-refractivity contribution >= 4 is 0 Å². The van der Waals surface area contributed by atoms with Gasteiger partial charge >= 0.3 is 0 Å². The van der Waals surface area contributed by atoms with Crippen molar-refractivity contribution in [3.8, 4) is 0 Å². The van der Waals surface area contributed by atoms with E-state index in [-0.39, 0.29) is 6.61 Å². The van der Waals surface area contributed by atoms with Crippen LogP contribution >= 0.6 is 0 Å². The third-order valence-electron chi connectivity index (χ3n) is 3.09. The Kier molecular flexibility index (Phi) is 3.69. The van der Waals surface area contributed by atoms with Crippen LogP contribution < -0.4 is 0 Å². The third kappa shape index (κ3) is 2.55. The van der Waals surface area contributed by atoms with E-state index < -0.39 is 0 Å². The van der Waals surface area contributed by atoms with Crippen LogP contribution in [0.5, 0.6) is 0 Å². The molecule has 3 nitrogen and oxygen atoms in total. The molecule has 3 heteroatoms. The molecule has 0 bridgehead atoms. The molecule has 0 amide bonds. The lowest BCUT2D eigenvalue weighted by Gasteiger charge is -2.35. The fourth-order valence-electron chi connectivity index (χ4n) is 2.35. The van der Waals surface area contributed by atoms with Crippen molar-refractivity contribution in [1.82, 2.24) is 9.88 Å². The van der Waals surface area contributed by atoms with Gasteiger partial charge in [-0.2, -0.15) is 0 Å². The number of nitrogens with zero attached hydrogens (tertiary/aromatic N) is 2. The van der Waals surface area contributed by atoms with Crippen LogP contribution in [0.1, 0.15) is 30.9 Å². The molecule has 1 fully saturated rings. The summed E-state index contributed by atoms with van der Waals surface area (Å²) in [6.45, 7) is 2.14. The minimum atomic E-state index is 0.252. The van der Waals surface area contributed by atoms with E-state index in [1.54, 1.807) is 0 Å². The molecule has 1 aliphatic heterocycles. The van der Waals surface area contributed by atoms with E-state index in [1.165, 1.54) is 24.8 Å². The standard InChI is InChI=1S/C12H18N2O/c15-10-9-14-8-2-1-3-12(14)11-4-6-13-7-5-11/h4-7,12,15H,1-3,8-10H2. The number of likely N-dealkylation sites (tertiary alicyclic amines) is 1. The predicted molar refractivity (Wildman–Crippen MR) is 59.5 cm³/mol. The summed E-state index contributed by atoms with van der Waals surface area (Å²) < 4.78 is 0. The summed E-state index contributed by atoms with van der Waals surface area (Å²) in [6.07, 6.45) is 7.43. The quantitative estimate of drug-likeness (QED) is 0.816. The van der Waals surface area contributed by atoms with Crippen molar-refractivity contribution in [3.05, 3.63) is 30.1 Å². The van der Waals surface area contributed by atoms with E-state index in [0.717, 1.165) is 13.1 Å². The lowest BCUT2D eigenvalue weighted by Crippen LogP contribution is -2.35. The number of rotatable bonds is 3. The number of piperidine rings is 1. The van der Waals surface area contributed by atoms with E-state index in [0.29, 0.717) is 6.04 Å². The Morgan fingerprint density at radius 3 is 2.87 bits per heavy atom. The van der Waals surface area contributed by atoms with Crippen LogP contribution in [0.3, 0.4) is 0 Å². The summed E-state index contributed by atoms with van der Waals surface area (Å²) in [6, 6.07) is 4.65. The Labute approximate surface area is 90.8 Å². The second-order valence-electron chi connectivity index (χ2n) is 4.05. The molecule has 0 aromatic carbocycles. The molecule has 1 unspecified atom stereocenters. The summed E-state index contributed by atoms with van der Waals surface area (Å²) in [5.74, 6) is 0. The first-order chi connectivity index (χ1) is 7.42. The Hall–Kier alpha value is -0.930. The first kappa shape index (κ1) is 10.6. The van der Waals surface area contributed by atoms with Crippen LogP contribution in [0.4, 0.5) is 0 Å². The molecule has 82 valence electrons. The SMILES string of the molecule is OCCN1CCCCC1c1ccncc1. The predicted octanol–water partition coefficient (Wildman–Crippen LogP) is 1.60. The molecule has 2 rings (SSSR count). The Morgan fingerprint density at radius 1 is 1.33 bits per heavy atom. The van der Waals surface area contributed by atoms with Gasteiger partial charge in [0.2, 0.25) is 0 Å². The maximum atomic E-state index is 9.03.